The van der Waals surface area contributed by atoms with Crippen LogP contribution in [0.1, 0.15) is 92.8 Å². The second-order valence-electron chi connectivity index (χ2n) is 12.9. The summed E-state index contributed by atoms with van der Waals surface area (Å²) in [6.45, 7) is 0. The third-order valence-corrected chi connectivity index (χ3v) is 10.1. The number of para-hydroxylation sites is 2. The van der Waals surface area contributed by atoms with Crippen LogP contribution in [0.15, 0.2) is 218 Å². The van der Waals surface area contributed by atoms with Crippen molar-refractivity contribution in [3.8, 4) is 39.1 Å². The van der Waals surface area contributed by atoms with Gasteiger partial charge in [0.1, 0.15) is 0 Å². The molecule has 12 rings (SSSR count). The molecule has 1 nitrogen and oxygen atoms in total. The van der Waals surface area contributed by atoms with Crippen LogP contribution in [0.4, 0.5) is 0 Å². The van der Waals surface area contributed by atoms with Crippen molar-refractivity contribution in [2.75, 3.05) is 0 Å². The molecule has 1 aromatic heterocycles. The predicted octanol–water partition coefficient (Wildman–Crippen LogP) is 14.0. The molecular formula is C56H37N. The quantitative estimate of drug-likeness (QED) is 0.154. The SMILES string of the molecule is [2H]c1cc2c(c([2H])c1[2H])-c1c([2H])c([2H])c([2H])c([2H])c1C21c2c([2H])c([2H])c([2H])c([2H])c2-c2c([2H])c([2H])c(C(c3c([2H])c([2H])c(-c4c([2H])c([2H])c([2H])c([2H])c4[2H])c([2H])c3[2H])c3c([2H])c([2H])c4c(c3[2H])c3c([2H])c([2H])c([2H])c([2H])c3n4-c3c([2H])c([2H])c([2H])c([2H])c3[2H])c([2H])c21. The lowest BCUT2D eigenvalue weighted by Gasteiger charge is -2.31. The van der Waals surface area contributed by atoms with Gasteiger partial charge in [0, 0.05) is 22.4 Å². The van der Waals surface area contributed by atoms with Gasteiger partial charge in [0.05, 0.1) is 64.4 Å². The lowest BCUT2D eigenvalue weighted by atomic mass is 9.70. The number of hydrogen-bond acceptors (Lipinski definition) is 0. The van der Waals surface area contributed by atoms with Crippen LogP contribution in [0.25, 0.3) is 60.9 Å². The Morgan fingerprint density at radius 2 is 0.895 bits per heavy atom. The number of nitrogens with zero attached hydrogens (tertiary/aromatic N) is 1. The van der Waals surface area contributed by atoms with E-state index >= 15 is 0 Å². The topological polar surface area (TPSA) is 4.93 Å². The first-order valence-corrected chi connectivity index (χ1v) is 17.1. The highest BCUT2D eigenvalue weighted by molar-refractivity contribution is 6.09. The minimum atomic E-state index is -2.88. The van der Waals surface area contributed by atoms with E-state index in [-0.39, 0.29) is 0 Å². The monoisotopic (exact) mass is 759 g/mol. The Kier molecular flexibility index (Phi) is 2.81. The second kappa shape index (κ2) is 12.4. The number of hydrogen-bond donors (Lipinski definition) is 0. The summed E-state index contributed by atoms with van der Waals surface area (Å²) in [7, 11) is 0. The third-order valence-electron chi connectivity index (χ3n) is 10.1. The number of rotatable bonds is 5. The molecule has 0 saturated carbocycles. The molecule has 0 aliphatic heterocycles. The van der Waals surface area contributed by atoms with E-state index in [4.69, 9.17) is 24.7 Å². The van der Waals surface area contributed by atoms with Crippen LogP contribution in [-0.2, 0) is 5.41 Å². The minimum Gasteiger partial charge on any atom is -0.309 e. The van der Waals surface area contributed by atoms with Gasteiger partial charge in [-0.2, -0.15) is 0 Å². The van der Waals surface area contributed by atoms with E-state index in [1.54, 1.807) is 0 Å². The van der Waals surface area contributed by atoms with Gasteiger partial charge >= 0.3 is 0 Å². The van der Waals surface area contributed by atoms with Crippen LogP contribution < -0.4 is 0 Å². The molecule has 9 aromatic carbocycles. The zero-order valence-corrected chi connectivity index (χ0v) is 28.6. The van der Waals surface area contributed by atoms with E-state index < -0.39 is 323 Å². The molecular weight excluding hydrogens is 687 g/mol. The molecule has 2 atom stereocenters. The molecule has 0 saturated heterocycles. The normalized spacial score (nSPS) is 24.0. The first-order valence-electron chi connectivity index (χ1n) is 34.6. The van der Waals surface area contributed by atoms with Gasteiger partial charge in [-0.25, -0.2) is 0 Å². The van der Waals surface area contributed by atoms with Crippen LogP contribution in [0.2, 0.25) is 0 Å². The summed E-state index contributed by atoms with van der Waals surface area (Å²) in [5.41, 5.74) is -15.5. The van der Waals surface area contributed by atoms with E-state index in [1.807, 2.05) is 0 Å². The van der Waals surface area contributed by atoms with E-state index in [2.05, 4.69) is 0 Å². The number of fused-ring (bicyclic) bond motifs is 13. The standard InChI is InChI=1S/C56H37N/c1-3-15-37(16-4-1)38-27-29-39(30-28-38)55(40-32-34-54-48(35-40)47-22-10-14-26-53(47)57(54)42-17-5-2-6-18-42)41-31-33-46-45-21-9-13-25-51(45)56(52(46)36-41)49-23-11-7-19-43(49)44-20-8-12-24-50(44)56/h1-36,55H/i1D,2D,3D,4D,5D,6D,7D,8D,9D,10D,11D,12D,13D,14D,15D,16D,17D,18D,19D,20D,21D,22D,23D,25D,26D,27D,28D,29D,30D,31D,32D,33D,34D,35D,36D. The van der Waals surface area contributed by atoms with Crippen molar-refractivity contribution in [1.29, 1.82) is 0 Å². The third kappa shape index (κ3) is 4.57. The zero-order chi connectivity index (χ0) is 68.0. The van der Waals surface area contributed by atoms with Crippen molar-refractivity contribution >= 4 is 21.8 Å². The maximum absolute atomic E-state index is 10.8. The summed E-state index contributed by atoms with van der Waals surface area (Å²) >= 11 is 0. The summed E-state index contributed by atoms with van der Waals surface area (Å²) in [5.74, 6) is -2.71. The highest BCUT2D eigenvalue weighted by Crippen LogP contribution is 2.63. The molecule has 0 bridgehead atoms. The molecule has 2 aliphatic carbocycles. The molecule has 266 valence electrons. The first-order chi connectivity index (χ1) is 42.8. The van der Waals surface area contributed by atoms with E-state index in [1.165, 1.54) is 0 Å². The summed E-state index contributed by atoms with van der Waals surface area (Å²) in [6.07, 6.45) is 0. The summed E-state index contributed by atoms with van der Waals surface area (Å²) in [6, 6.07) is -35.5. The Hall–Kier alpha value is -7.22. The highest BCUT2D eigenvalue weighted by atomic mass is 15.0. The number of benzene rings is 9. The summed E-state index contributed by atoms with van der Waals surface area (Å²) in [5, 5.41) is -1.55. The van der Waals surface area contributed by atoms with Crippen molar-refractivity contribution in [1.82, 2.24) is 4.57 Å². The van der Waals surface area contributed by atoms with Gasteiger partial charge in [-0.15, -0.1) is 0 Å². The van der Waals surface area contributed by atoms with Crippen molar-refractivity contribution in [3.63, 3.8) is 0 Å². The van der Waals surface area contributed by atoms with Crippen molar-refractivity contribution in [2.24, 2.45) is 0 Å². The first kappa shape index (κ1) is 12.9. The lowest BCUT2D eigenvalue weighted by Crippen LogP contribution is -2.26. The summed E-state index contributed by atoms with van der Waals surface area (Å²) in [4.78, 5) is 0. The van der Waals surface area contributed by atoms with Crippen molar-refractivity contribution in [2.45, 2.75) is 11.3 Å². The highest BCUT2D eigenvalue weighted by Gasteiger charge is 2.51. The number of aromatic nitrogens is 1. The second-order valence-corrected chi connectivity index (χ2v) is 12.9. The van der Waals surface area contributed by atoms with Crippen LogP contribution in [0.5, 0.6) is 0 Å². The molecule has 0 radical (unpaired) electrons. The molecule has 57 heavy (non-hydrogen) atoms. The van der Waals surface area contributed by atoms with Crippen molar-refractivity contribution < 1.29 is 48.0 Å². The molecule has 0 N–H and O–H groups in total. The predicted molar refractivity (Wildman–Crippen MR) is 236 cm³/mol. The Balaban J connectivity index is 1.37. The fraction of sp³-hybridized carbons (Fsp3) is 0.0357. The zero-order valence-electron chi connectivity index (χ0n) is 63.6. The largest absolute Gasteiger partial charge is 0.309 e. The van der Waals surface area contributed by atoms with Gasteiger partial charge in [0.25, 0.3) is 0 Å². The maximum Gasteiger partial charge on any atom is 0.0725 e. The van der Waals surface area contributed by atoms with Gasteiger partial charge < -0.3 is 4.57 Å². The van der Waals surface area contributed by atoms with E-state index in [0.29, 0.717) is 4.57 Å². The smallest absolute Gasteiger partial charge is 0.0725 e. The van der Waals surface area contributed by atoms with Gasteiger partial charge in [0.15, 0.2) is 0 Å². The van der Waals surface area contributed by atoms with Crippen LogP contribution in [0.3, 0.4) is 0 Å². The Morgan fingerprint density at radius 3 is 1.65 bits per heavy atom. The molecule has 10 aromatic rings. The van der Waals surface area contributed by atoms with Crippen LogP contribution in [-0.4, -0.2) is 4.57 Å². The molecule has 1 heterocycles. The van der Waals surface area contributed by atoms with E-state index in [9.17, 15) is 23.3 Å². The molecule has 2 unspecified atom stereocenters. The lowest BCUT2D eigenvalue weighted by molar-refractivity contribution is 0.790. The van der Waals surface area contributed by atoms with Crippen LogP contribution in [0, 0.1) is 0 Å². The molecule has 1 heteroatoms. The van der Waals surface area contributed by atoms with Crippen molar-refractivity contribution in [3.05, 3.63) is 256 Å². The van der Waals surface area contributed by atoms with Gasteiger partial charge in [-0.3, -0.25) is 0 Å². The minimum absolute atomic E-state index is 0.497. The Bertz CT molecular complexity index is 5130. The van der Waals surface area contributed by atoms with Gasteiger partial charge in [0.2, 0.25) is 0 Å². The summed E-state index contributed by atoms with van der Waals surface area (Å²) < 4.78 is 325. The Labute approximate surface area is 382 Å². The van der Waals surface area contributed by atoms with Crippen LogP contribution >= 0.6 is 0 Å². The molecule has 0 fully saturated rings. The molecule has 2 aliphatic rings. The maximum atomic E-state index is 10.8. The van der Waals surface area contributed by atoms with Gasteiger partial charge in [-0.05, 0) is 103 Å². The van der Waals surface area contributed by atoms with Gasteiger partial charge in [-0.1, -0.05) is 187 Å². The molecule has 1 spiro atoms. The average Bonchev–Trinajstić information content (AvgIpc) is 1.48. The fourth-order valence-electron chi connectivity index (χ4n) is 7.87. The fourth-order valence-corrected chi connectivity index (χ4v) is 7.87. The molecule has 0 amide bonds. The average molecular weight is 759 g/mol. The van der Waals surface area contributed by atoms with E-state index in [0.717, 1.165) is 6.07 Å². The Morgan fingerprint density at radius 1 is 0.368 bits per heavy atom.